The summed E-state index contributed by atoms with van der Waals surface area (Å²) in [6.45, 7) is 6.48. The lowest BCUT2D eigenvalue weighted by atomic mass is 9.71. The smallest absolute Gasteiger partial charge is 0.0755 e. The number of benzene rings is 1. The molecule has 0 fully saturated rings. The van der Waals surface area contributed by atoms with E-state index in [-0.39, 0.29) is 12.0 Å². The largest absolute Gasteiger partial charge is 0.313 e. The Labute approximate surface area is 151 Å². The number of hydrogen-bond acceptors (Lipinski definition) is 2. The summed E-state index contributed by atoms with van der Waals surface area (Å²) < 4.78 is 0. The van der Waals surface area contributed by atoms with Crippen molar-refractivity contribution in [3.8, 4) is 0 Å². The highest BCUT2D eigenvalue weighted by Gasteiger charge is 2.44. The zero-order valence-electron chi connectivity index (χ0n) is 15.5. The summed E-state index contributed by atoms with van der Waals surface area (Å²) in [6, 6.07) is 10.3. The predicted octanol–water partition coefficient (Wildman–Crippen LogP) is 5.64. The van der Waals surface area contributed by atoms with Crippen LogP contribution in [0.4, 0.5) is 0 Å². The average molecular weight is 335 g/mol. The van der Waals surface area contributed by atoms with Gasteiger partial charge in [0.2, 0.25) is 0 Å². The van der Waals surface area contributed by atoms with Gasteiger partial charge in [0.25, 0.3) is 0 Å². The van der Waals surface area contributed by atoms with E-state index in [1.165, 1.54) is 5.57 Å². The van der Waals surface area contributed by atoms with Crippen LogP contribution in [0, 0.1) is 11.8 Å². The molecule has 0 spiro atoms. The summed E-state index contributed by atoms with van der Waals surface area (Å²) in [5.41, 5.74) is 1.83. The Bertz CT molecular complexity index is 700. The lowest BCUT2D eigenvalue weighted by Gasteiger charge is -2.47. The highest BCUT2D eigenvalue weighted by atomic mass is 16.5. The molecule has 1 aromatic rings. The first-order chi connectivity index (χ1) is 12.0. The van der Waals surface area contributed by atoms with Gasteiger partial charge in [-0.25, -0.2) is 0 Å². The normalized spacial score (nSPS) is 26.4. The van der Waals surface area contributed by atoms with Crippen LogP contribution in [0.3, 0.4) is 0 Å². The molecule has 1 aromatic carbocycles. The molecule has 0 bridgehead atoms. The monoisotopic (exact) mass is 335 g/mol. The Hall–Kier alpha value is -1.90. The molecular formula is C23H29NO. The lowest BCUT2D eigenvalue weighted by molar-refractivity contribution is -0.206. The van der Waals surface area contributed by atoms with Crippen LogP contribution in [0.15, 0.2) is 78.4 Å². The first-order valence-electron chi connectivity index (χ1n) is 9.30. The van der Waals surface area contributed by atoms with Gasteiger partial charge >= 0.3 is 0 Å². The summed E-state index contributed by atoms with van der Waals surface area (Å²) in [6.07, 6.45) is 17.4. The van der Waals surface area contributed by atoms with Gasteiger partial charge in [-0.3, -0.25) is 0 Å². The molecule has 4 atom stereocenters. The Kier molecular flexibility index (Phi) is 5.41. The van der Waals surface area contributed by atoms with Crippen molar-refractivity contribution in [3.63, 3.8) is 0 Å². The average Bonchev–Trinajstić information content (AvgIpc) is 2.68. The van der Waals surface area contributed by atoms with E-state index in [0.717, 1.165) is 18.4 Å². The first kappa shape index (κ1) is 17.9. The molecule has 2 aliphatic rings. The van der Waals surface area contributed by atoms with Gasteiger partial charge in [-0.15, -0.1) is 0 Å². The quantitative estimate of drug-likeness (QED) is 0.704. The van der Waals surface area contributed by atoms with Crippen molar-refractivity contribution in [3.05, 3.63) is 84.0 Å². The van der Waals surface area contributed by atoms with E-state index in [1.807, 2.05) is 6.07 Å². The summed E-state index contributed by atoms with van der Waals surface area (Å²) in [7, 11) is 0. The SMILES string of the molecule is CC1C=CC=CC1C(C)(c1ccccc1)N(O)C(C)C1=CCCC=C1. The van der Waals surface area contributed by atoms with Crippen LogP contribution >= 0.6 is 0 Å². The molecule has 4 unspecified atom stereocenters. The van der Waals surface area contributed by atoms with Crippen molar-refractivity contribution in [2.24, 2.45) is 11.8 Å². The number of nitrogens with zero attached hydrogens (tertiary/aromatic N) is 1. The minimum Gasteiger partial charge on any atom is -0.313 e. The Balaban J connectivity index is 2.02. The number of rotatable bonds is 5. The fraction of sp³-hybridized carbons (Fsp3) is 0.391. The van der Waals surface area contributed by atoms with Crippen LogP contribution in [0.5, 0.6) is 0 Å². The van der Waals surface area contributed by atoms with E-state index >= 15 is 0 Å². The predicted molar refractivity (Wildman–Crippen MR) is 104 cm³/mol. The van der Waals surface area contributed by atoms with E-state index in [4.69, 9.17) is 0 Å². The fourth-order valence-corrected chi connectivity index (χ4v) is 4.16. The molecule has 25 heavy (non-hydrogen) atoms. The van der Waals surface area contributed by atoms with Crippen molar-refractivity contribution in [2.45, 2.75) is 45.2 Å². The minimum atomic E-state index is -0.506. The molecule has 0 aromatic heterocycles. The van der Waals surface area contributed by atoms with E-state index in [2.05, 4.69) is 87.6 Å². The van der Waals surface area contributed by atoms with Gasteiger partial charge in [-0.1, -0.05) is 79.8 Å². The highest BCUT2D eigenvalue weighted by Crippen LogP contribution is 2.43. The highest BCUT2D eigenvalue weighted by molar-refractivity contribution is 5.32. The Morgan fingerprint density at radius 3 is 2.48 bits per heavy atom. The van der Waals surface area contributed by atoms with Crippen molar-refractivity contribution in [1.29, 1.82) is 0 Å². The molecule has 1 N–H and O–H groups in total. The van der Waals surface area contributed by atoms with Gasteiger partial charge < -0.3 is 5.21 Å². The zero-order chi connectivity index (χ0) is 17.9. The number of allylic oxidation sites excluding steroid dienone is 5. The Morgan fingerprint density at radius 2 is 1.84 bits per heavy atom. The third-order valence-electron chi connectivity index (χ3n) is 5.77. The molecule has 2 nitrogen and oxygen atoms in total. The third-order valence-corrected chi connectivity index (χ3v) is 5.77. The summed E-state index contributed by atoms with van der Waals surface area (Å²) in [5, 5.41) is 13.0. The summed E-state index contributed by atoms with van der Waals surface area (Å²) in [5.74, 6) is 0.549. The second kappa shape index (κ2) is 7.55. The second-order valence-electron chi connectivity index (χ2n) is 7.37. The summed E-state index contributed by atoms with van der Waals surface area (Å²) in [4.78, 5) is 0. The molecular weight excluding hydrogens is 306 g/mol. The number of hydrogen-bond donors (Lipinski definition) is 1. The van der Waals surface area contributed by atoms with E-state index < -0.39 is 5.54 Å². The van der Waals surface area contributed by atoms with Crippen LogP contribution in [0.2, 0.25) is 0 Å². The standard InChI is InChI=1S/C23H29NO/c1-18-12-10-11-17-22(18)23(3,21-15-8-5-9-16-21)24(25)19(2)20-13-6-4-7-14-20/h5-6,8-19,22,25H,4,7H2,1-3H3. The van der Waals surface area contributed by atoms with Gasteiger partial charge in [-0.05, 0) is 43.7 Å². The van der Waals surface area contributed by atoms with Crippen molar-refractivity contribution >= 4 is 0 Å². The van der Waals surface area contributed by atoms with Gasteiger partial charge in [0.1, 0.15) is 0 Å². The molecule has 0 aliphatic heterocycles. The van der Waals surface area contributed by atoms with Crippen LogP contribution in [-0.4, -0.2) is 16.3 Å². The second-order valence-corrected chi connectivity index (χ2v) is 7.37. The van der Waals surface area contributed by atoms with Gasteiger partial charge in [0.05, 0.1) is 11.6 Å². The van der Waals surface area contributed by atoms with Crippen LogP contribution in [0.25, 0.3) is 0 Å². The molecule has 2 aliphatic carbocycles. The fourth-order valence-electron chi connectivity index (χ4n) is 4.16. The maximum atomic E-state index is 11.4. The number of hydroxylamine groups is 2. The maximum absolute atomic E-state index is 11.4. The van der Waals surface area contributed by atoms with E-state index in [1.54, 1.807) is 5.06 Å². The van der Waals surface area contributed by atoms with Crippen LogP contribution in [-0.2, 0) is 5.54 Å². The van der Waals surface area contributed by atoms with Crippen molar-refractivity contribution in [2.75, 3.05) is 0 Å². The van der Waals surface area contributed by atoms with Crippen molar-refractivity contribution in [1.82, 2.24) is 5.06 Å². The van der Waals surface area contributed by atoms with Gasteiger partial charge in [0.15, 0.2) is 0 Å². The lowest BCUT2D eigenvalue weighted by Crippen LogP contribution is -2.53. The third kappa shape index (κ3) is 3.42. The molecule has 2 heteroatoms. The molecule has 0 saturated heterocycles. The maximum Gasteiger partial charge on any atom is 0.0755 e. The van der Waals surface area contributed by atoms with Gasteiger partial charge in [-0.2, -0.15) is 5.06 Å². The van der Waals surface area contributed by atoms with Crippen molar-refractivity contribution < 1.29 is 5.21 Å². The minimum absolute atomic E-state index is 0.0618. The van der Waals surface area contributed by atoms with Gasteiger partial charge in [0, 0.05) is 5.92 Å². The molecule has 3 rings (SSSR count). The van der Waals surface area contributed by atoms with Crippen LogP contribution < -0.4 is 0 Å². The summed E-state index contributed by atoms with van der Waals surface area (Å²) >= 11 is 0. The molecule has 0 heterocycles. The molecule has 0 saturated carbocycles. The Morgan fingerprint density at radius 1 is 1.12 bits per heavy atom. The van der Waals surface area contributed by atoms with Crippen LogP contribution in [0.1, 0.15) is 39.2 Å². The molecule has 132 valence electrons. The topological polar surface area (TPSA) is 23.5 Å². The first-order valence-corrected chi connectivity index (χ1v) is 9.30. The zero-order valence-corrected chi connectivity index (χ0v) is 15.5. The molecule has 0 amide bonds. The van der Waals surface area contributed by atoms with E-state index in [0.29, 0.717) is 5.92 Å². The molecule has 0 radical (unpaired) electrons. The van der Waals surface area contributed by atoms with E-state index in [9.17, 15) is 5.21 Å².